The summed E-state index contributed by atoms with van der Waals surface area (Å²) >= 11 is 12.4. The zero-order valence-corrected chi connectivity index (χ0v) is 21.0. The molecule has 0 atom stereocenters. The van der Waals surface area contributed by atoms with Gasteiger partial charge in [-0.1, -0.05) is 49.3 Å². The van der Waals surface area contributed by atoms with Crippen LogP contribution in [0.2, 0.25) is 5.02 Å². The van der Waals surface area contributed by atoms with Crippen molar-refractivity contribution < 1.29 is 19.1 Å². The van der Waals surface area contributed by atoms with Crippen LogP contribution in [-0.2, 0) is 4.79 Å². The summed E-state index contributed by atoms with van der Waals surface area (Å²) in [6.45, 7) is 7.27. The summed E-state index contributed by atoms with van der Waals surface area (Å²) in [7, 11) is 0. The molecule has 1 saturated heterocycles. The molecule has 0 bridgehead atoms. The summed E-state index contributed by atoms with van der Waals surface area (Å²) in [5, 5.41) is 1.50. The Balaban J connectivity index is 1.75. The quantitative estimate of drug-likeness (QED) is 0.348. The van der Waals surface area contributed by atoms with E-state index in [0.29, 0.717) is 46.1 Å². The number of halogens is 1. The maximum Gasteiger partial charge on any atom is 0.285 e. The molecule has 2 aromatic carbocycles. The molecule has 1 heterocycles. The molecule has 9 heteroatoms. The minimum Gasteiger partial charge on any atom is -0.490 e. The van der Waals surface area contributed by atoms with Crippen LogP contribution < -0.4 is 14.9 Å². The predicted molar refractivity (Wildman–Crippen MR) is 136 cm³/mol. The van der Waals surface area contributed by atoms with Gasteiger partial charge in [-0.2, -0.15) is 5.01 Å². The fourth-order valence-corrected chi connectivity index (χ4v) is 4.29. The van der Waals surface area contributed by atoms with E-state index in [2.05, 4.69) is 19.3 Å². The Kier molecular flexibility index (Phi) is 8.77. The minimum atomic E-state index is -0.475. The van der Waals surface area contributed by atoms with E-state index in [1.54, 1.807) is 24.3 Å². The van der Waals surface area contributed by atoms with Gasteiger partial charge in [0.2, 0.25) is 0 Å². The van der Waals surface area contributed by atoms with Crippen molar-refractivity contribution in [2.24, 2.45) is 5.92 Å². The van der Waals surface area contributed by atoms with E-state index in [4.69, 9.17) is 33.3 Å². The van der Waals surface area contributed by atoms with E-state index in [1.807, 2.05) is 25.1 Å². The number of nitrogens with zero attached hydrogens (tertiary/aromatic N) is 1. The molecule has 2 aromatic rings. The Bertz CT molecular complexity index is 1090. The monoisotopic (exact) mass is 504 g/mol. The first kappa shape index (κ1) is 25.1. The number of hydrogen-bond donors (Lipinski definition) is 1. The maximum absolute atomic E-state index is 12.9. The van der Waals surface area contributed by atoms with Crippen molar-refractivity contribution in [1.29, 1.82) is 0 Å². The highest BCUT2D eigenvalue weighted by Gasteiger charge is 2.33. The van der Waals surface area contributed by atoms with E-state index < -0.39 is 11.8 Å². The van der Waals surface area contributed by atoms with Gasteiger partial charge in [0.15, 0.2) is 15.8 Å². The zero-order valence-electron chi connectivity index (χ0n) is 18.6. The summed E-state index contributed by atoms with van der Waals surface area (Å²) in [6.07, 6.45) is 2.65. The second-order valence-corrected chi connectivity index (χ2v) is 9.75. The molecule has 1 aliphatic heterocycles. The SMILES string of the molecule is CCOc1cc(/C=C2/SC(=S)N(NC(=O)c3cccc(Cl)c3)C2=O)ccc1OCCC(C)C. The summed E-state index contributed by atoms with van der Waals surface area (Å²) in [5.41, 5.74) is 3.64. The van der Waals surface area contributed by atoms with Crippen molar-refractivity contribution in [3.8, 4) is 11.5 Å². The molecule has 33 heavy (non-hydrogen) atoms. The third kappa shape index (κ3) is 6.72. The topological polar surface area (TPSA) is 67.9 Å². The molecule has 2 amide bonds. The molecule has 174 valence electrons. The number of ether oxygens (including phenoxy) is 2. The number of carbonyl (C=O) groups excluding carboxylic acids is 2. The van der Waals surface area contributed by atoms with Gasteiger partial charge in [-0.25, -0.2) is 0 Å². The summed E-state index contributed by atoms with van der Waals surface area (Å²) in [6, 6.07) is 12.0. The van der Waals surface area contributed by atoms with E-state index in [1.165, 1.54) is 6.07 Å². The first-order chi connectivity index (χ1) is 15.8. The smallest absolute Gasteiger partial charge is 0.285 e. The van der Waals surface area contributed by atoms with Gasteiger partial charge in [-0.05, 0) is 73.5 Å². The van der Waals surface area contributed by atoms with Crippen LogP contribution in [-0.4, -0.2) is 34.4 Å². The van der Waals surface area contributed by atoms with E-state index in [9.17, 15) is 9.59 Å². The molecular weight excluding hydrogens is 480 g/mol. The molecule has 1 aliphatic rings. The fourth-order valence-electron chi connectivity index (χ4n) is 2.92. The lowest BCUT2D eigenvalue weighted by molar-refractivity contribution is -0.123. The van der Waals surface area contributed by atoms with Crippen molar-refractivity contribution >= 4 is 57.8 Å². The lowest BCUT2D eigenvalue weighted by Crippen LogP contribution is -2.44. The van der Waals surface area contributed by atoms with Gasteiger partial charge in [0.25, 0.3) is 11.8 Å². The third-order valence-corrected chi connectivity index (χ3v) is 6.15. The number of rotatable bonds is 9. The first-order valence-corrected chi connectivity index (χ1v) is 12.1. The average molecular weight is 505 g/mol. The van der Waals surface area contributed by atoms with Crippen LogP contribution in [0.5, 0.6) is 11.5 Å². The number of hydrogen-bond acceptors (Lipinski definition) is 6. The molecule has 0 saturated carbocycles. The van der Waals surface area contributed by atoms with Crippen LogP contribution in [0.25, 0.3) is 6.08 Å². The highest BCUT2D eigenvalue weighted by atomic mass is 35.5. The van der Waals surface area contributed by atoms with E-state index in [0.717, 1.165) is 28.8 Å². The number of amides is 2. The van der Waals surface area contributed by atoms with E-state index in [-0.39, 0.29) is 4.32 Å². The molecule has 1 N–H and O–H groups in total. The maximum atomic E-state index is 12.9. The molecular formula is C24H25ClN2O4S2. The Morgan fingerprint density at radius 2 is 2.00 bits per heavy atom. The lowest BCUT2D eigenvalue weighted by Gasteiger charge is -2.15. The number of hydrazine groups is 1. The number of nitrogens with one attached hydrogen (secondary N) is 1. The Labute approximate surface area is 208 Å². The molecule has 0 aromatic heterocycles. The molecule has 6 nitrogen and oxygen atoms in total. The average Bonchev–Trinajstić information content (AvgIpc) is 3.02. The number of carbonyl (C=O) groups is 2. The largest absolute Gasteiger partial charge is 0.490 e. The van der Waals surface area contributed by atoms with Crippen molar-refractivity contribution in [3.05, 3.63) is 63.5 Å². The minimum absolute atomic E-state index is 0.236. The van der Waals surface area contributed by atoms with Crippen molar-refractivity contribution in [3.63, 3.8) is 0 Å². The molecule has 0 unspecified atom stereocenters. The van der Waals surface area contributed by atoms with Crippen molar-refractivity contribution in [2.75, 3.05) is 13.2 Å². The Hall–Kier alpha value is -2.55. The third-order valence-electron chi connectivity index (χ3n) is 4.61. The lowest BCUT2D eigenvalue weighted by atomic mass is 10.1. The van der Waals surface area contributed by atoms with Gasteiger partial charge in [0, 0.05) is 10.6 Å². The van der Waals surface area contributed by atoms with Crippen LogP contribution in [0, 0.1) is 5.92 Å². The van der Waals surface area contributed by atoms with Crippen LogP contribution in [0.3, 0.4) is 0 Å². The highest BCUT2D eigenvalue weighted by Crippen LogP contribution is 2.34. The molecule has 0 spiro atoms. The van der Waals surface area contributed by atoms with E-state index >= 15 is 0 Å². The van der Waals surface area contributed by atoms with Crippen LogP contribution in [0.15, 0.2) is 47.4 Å². The molecule has 0 radical (unpaired) electrons. The van der Waals surface area contributed by atoms with Gasteiger partial charge in [-0.3, -0.25) is 15.0 Å². The van der Waals surface area contributed by atoms with Gasteiger partial charge in [0.05, 0.1) is 18.1 Å². The summed E-state index contributed by atoms with van der Waals surface area (Å²) in [4.78, 5) is 25.8. The van der Waals surface area contributed by atoms with Gasteiger partial charge in [-0.15, -0.1) is 0 Å². The summed E-state index contributed by atoms with van der Waals surface area (Å²) in [5.74, 6) is 0.934. The van der Waals surface area contributed by atoms with Crippen LogP contribution in [0.1, 0.15) is 43.1 Å². The molecule has 3 rings (SSSR count). The molecule has 1 fully saturated rings. The number of thiocarbonyl (C=S) groups is 1. The van der Waals surface area contributed by atoms with Gasteiger partial charge >= 0.3 is 0 Å². The number of benzene rings is 2. The first-order valence-electron chi connectivity index (χ1n) is 10.5. The van der Waals surface area contributed by atoms with Crippen LogP contribution in [0.4, 0.5) is 0 Å². The summed E-state index contributed by atoms with van der Waals surface area (Å²) < 4.78 is 11.8. The second kappa shape index (κ2) is 11.5. The second-order valence-electron chi connectivity index (χ2n) is 7.64. The fraction of sp³-hybridized carbons (Fsp3) is 0.292. The standard InChI is InChI=1S/C24H25ClN2O4S2/c1-4-30-20-12-16(8-9-19(20)31-11-10-15(2)3)13-21-23(29)27(24(32)33-21)26-22(28)17-6-5-7-18(25)14-17/h5-9,12-15H,4,10-11H2,1-3H3,(H,26,28)/b21-13+. The predicted octanol–water partition coefficient (Wildman–Crippen LogP) is 5.71. The van der Waals surface area contributed by atoms with Gasteiger partial charge < -0.3 is 9.47 Å². The van der Waals surface area contributed by atoms with Gasteiger partial charge in [0.1, 0.15) is 0 Å². The Morgan fingerprint density at radius 1 is 1.21 bits per heavy atom. The van der Waals surface area contributed by atoms with Crippen molar-refractivity contribution in [2.45, 2.75) is 27.2 Å². The number of thioether (sulfide) groups is 1. The molecule has 0 aliphatic carbocycles. The highest BCUT2D eigenvalue weighted by molar-refractivity contribution is 8.26. The van der Waals surface area contributed by atoms with Crippen molar-refractivity contribution in [1.82, 2.24) is 10.4 Å². The Morgan fingerprint density at radius 3 is 2.70 bits per heavy atom. The normalized spacial score (nSPS) is 14.8. The zero-order chi connectivity index (χ0) is 24.0. The van der Waals surface area contributed by atoms with Crippen LogP contribution >= 0.6 is 35.6 Å².